The largest absolute Gasteiger partial charge is 0.482 e. The van der Waals surface area contributed by atoms with Crippen LogP contribution < -0.4 is 10.1 Å². The number of carbonyl (C=O) groups excluding carboxylic acids is 2. The molecule has 0 spiro atoms. The van der Waals surface area contributed by atoms with Crippen LogP contribution in [-0.4, -0.2) is 36.4 Å². The molecule has 0 aliphatic carbocycles. The second kappa shape index (κ2) is 11.7. The zero-order valence-corrected chi connectivity index (χ0v) is 20.0. The van der Waals surface area contributed by atoms with Crippen LogP contribution in [0.2, 0.25) is 5.02 Å². The van der Waals surface area contributed by atoms with E-state index in [0.29, 0.717) is 17.2 Å². The summed E-state index contributed by atoms with van der Waals surface area (Å²) in [6.45, 7) is 0.0332. The summed E-state index contributed by atoms with van der Waals surface area (Å²) >= 11 is 9.58. The number of benzene rings is 3. The maximum absolute atomic E-state index is 13.3. The average Bonchev–Trinajstić information content (AvgIpc) is 2.82. The normalized spacial score (nSPS) is 11.5. The van der Waals surface area contributed by atoms with Crippen molar-refractivity contribution in [1.82, 2.24) is 10.2 Å². The van der Waals surface area contributed by atoms with E-state index in [-0.39, 0.29) is 25.0 Å². The van der Waals surface area contributed by atoms with Crippen molar-refractivity contribution >= 4 is 39.3 Å². The molecule has 0 aliphatic rings. The zero-order chi connectivity index (χ0) is 22.9. The third-order valence-electron chi connectivity index (χ3n) is 4.97. The van der Waals surface area contributed by atoms with Gasteiger partial charge in [0.2, 0.25) is 5.91 Å². The van der Waals surface area contributed by atoms with Crippen LogP contribution in [-0.2, 0) is 22.6 Å². The SMILES string of the molecule is CNC(=O)[C@H](Cc1ccccc1)N(Cc1ccc(Br)cc1)C(=O)COc1ccccc1Cl. The number of rotatable bonds is 9. The Morgan fingerprint density at radius 2 is 1.62 bits per heavy atom. The molecule has 0 heterocycles. The van der Waals surface area contributed by atoms with Crippen molar-refractivity contribution in [2.75, 3.05) is 13.7 Å². The summed E-state index contributed by atoms with van der Waals surface area (Å²) in [7, 11) is 1.57. The summed E-state index contributed by atoms with van der Waals surface area (Å²) in [5.74, 6) is -0.125. The lowest BCUT2D eigenvalue weighted by molar-refractivity contribution is -0.142. The fraction of sp³-hybridized carbons (Fsp3) is 0.200. The van der Waals surface area contributed by atoms with Gasteiger partial charge >= 0.3 is 0 Å². The molecule has 0 aromatic heterocycles. The molecule has 0 saturated carbocycles. The summed E-state index contributed by atoms with van der Waals surface area (Å²) in [5.41, 5.74) is 1.86. The highest BCUT2D eigenvalue weighted by atomic mass is 79.9. The Bertz CT molecular complexity index is 1040. The predicted octanol–water partition coefficient (Wildman–Crippen LogP) is 4.87. The van der Waals surface area contributed by atoms with Gasteiger partial charge in [0.15, 0.2) is 6.61 Å². The molecule has 32 heavy (non-hydrogen) atoms. The molecule has 3 aromatic carbocycles. The molecule has 3 rings (SSSR count). The van der Waals surface area contributed by atoms with Gasteiger partial charge in [-0.05, 0) is 35.4 Å². The van der Waals surface area contributed by atoms with Crippen LogP contribution in [0.15, 0.2) is 83.3 Å². The molecule has 0 saturated heterocycles. The number of hydrogen-bond donors (Lipinski definition) is 1. The van der Waals surface area contributed by atoms with Crippen LogP contribution >= 0.6 is 27.5 Å². The van der Waals surface area contributed by atoms with E-state index >= 15 is 0 Å². The van der Waals surface area contributed by atoms with Crippen LogP contribution in [0.1, 0.15) is 11.1 Å². The van der Waals surface area contributed by atoms with E-state index in [4.69, 9.17) is 16.3 Å². The summed E-state index contributed by atoms with van der Waals surface area (Å²) in [6, 6.07) is 23.6. The van der Waals surface area contributed by atoms with Crippen molar-refractivity contribution in [3.05, 3.63) is 99.5 Å². The smallest absolute Gasteiger partial charge is 0.261 e. The molecular weight excluding hydrogens is 492 g/mol. The molecule has 1 N–H and O–H groups in total. The molecule has 0 radical (unpaired) electrons. The number of hydrogen-bond acceptors (Lipinski definition) is 3. The van der Waals surface area contributed by atoms with Crippen LogP contribution in [0, 0.1) is 0 Å². The molecule has 0 aliphatic heterocycles. The van der Waals surface area contributed by atoms with Gasteiger partial charge in [-0.3, -0.25) is 9.59 Å². The fourth-order valence-corrected chi connectivity index (χ4v) is 3.75. The van der Waals surface area contributed by atoms with Crippen molar-refractivity contribution < 1.29 is 14.3 Å². The van der Waals surface area contributed by atoms with Crippen LogP contribution in [0.3, 0.4) is 0 Å². The summed E-state index contributed by atoms with van der Waals surface area (Å²) in [5, 5.41) is 3.12. The average molecular weight is 516 g/mol. The lowest BCUT2D eigenvalue weighted by Gasteiger charge is -2.31. The summed E-state index contributed by atoms with van der Waals surface area (Å²) < 4.78 is 6.63. The second-order valence-corrected chi connectivity index (χ2v) is 8.51. The van der Waals surface area contributed by atoms with Crippen molar-refractivity contribution in [3.63, 3.8) is 0 Å². The first kappa shape index (κ1) is 23.8. The third kappa shape index (κ3) is 6.58. The highest BCUT2D eigenvalue weighted by molar-refractivity contribution is 9.10. The Morgan fingerprint density at radius 3 is 2.28 bits per heavy atom. The van der Waals surface area contributed by atoms with E-state index in [1.807, 2.05) is 54.6 Å². The maximum atomic E-state index is 13.3. The molecule has 7 heteroatoms. The molecular formula is C25H24BrClN2O3. The quantitative estimate of drug-likeness (QED) is 0.442. The summed E-state index contributed by atoms with van der Waals surface area (Å²) in [6.07, 6.45) is 0.384. The minimum absolute atomic E-state index is 0.234. The van der Waals surface area contributed by atoms with E-state index in [9.17, 15) is 9.59 Å². The molecule has 0 fully saturated rings. The number of likely N-dealkylation sites (N-methyl/N-ethyl adjacent to an activating group) is 1. The van der Waals surface area contributed by atoms with E-state index in [2.05, 4.69) is 21.2 Å². The number of nitrogens with zero attached hydrogens (tertiary/aromatic N) is 1. The number of ether oxygens (including phenoxy) is 1. The minimum Gasteiger partial charge on any atom is -0.482 e. The first-order valence-corrected chi connectivity index (χ1v) is 11.3. The monoisotopic (exact) mass is 514 g/mol. The lowest BCUT2D eigenvalue weighted by Crippen LogP contribution is -2.51. The summed E-state index contributed by atoms with van der Waals surface area (Å²) in [4.78, 5) is 27.7. The van der Waals surface area contributed by atoms with Crippen molar-refractivity contribution in [2.24, 2.45) is 0 Å². The van der Waals surface area contributed by atoms with E-state index in [0.717, 1.165) is 15.6 Å². The van der Waals surface area contributed by atoms with Gasteiger partial charge in [0.25, 0.3) is 5.91 Å². The number of amides is 2. The van der Waals surface area contributed by atoms with Crippen molar-refractivity contribution in [1.29, 1.82) is 0 Å². The molecule has 3 aromatic rings. The van der Waals surface area contributed by atoms with Crippen LogP contribution in [0.5, 0.6) is 5.75 Å². The van der Waals surface area contributed by atoms with Gasteiger partial charge in [-0.2, -0.15) is 0 Å². The minimum atomic E-state index is -0.701. The van der Waals surface area contributed by atoms with Gasteiger partial charge in [0, 0.05) is 24.5 Å². The van der Waals surface area contributed by atoms with Crippen LogP contribution in [0.25, 0.3) is 0 Å². The zero-order valence-electron chi connectivity index (χ0n) is 17.6. The lowest BCUT2D eigenvalue weighted by atomic mass is 10.0. The number of para-hydroxylation sites is 1. The molecule has 0 unspecified atom stereocenters. The Balaban J connectivity index is 1.87. The molecule has 2 amide bonds. The Hall–Kier alpha value is -2.83. The van der Waals surface area contributed by atoms with Crippen molar-refractivity contribution in [2.45, 2.75) is 19.0 Å². The van der Waals surface area contributed by atoms with Crippen LogP contribution in [0.4, 0.5) is 0 Å². The first-order valence-electron chi connectivity index (χ1n) is 10.1. The number of nitrogens with one attached hydrogen (secondary N) is 1. The van der Waals surface area contributed by atoms with E-state index in [1.54, 1.807) is 36.2 Å². The highest BCUT2D eigenvalue weighted by Gasteiger charge is 2.30. The molecule has 5 nitrogen and oxygen atoms in total. The Labute approximate surface area is 201 Å². The van der Waals surface area contributed by atoms with Gasteiger partial charge in [-0.15, -0.1) is 0 Å². The van der Waals surface area contributed by atoms with E-state index in [1.165, 1.54) is 0 Å². The molecule has 0 bridgehead atoms. The topological polar surface area (TPSA) is 58.6 Å². The highest BCUT2D eigenvalue weighted by Crippen LogP contribution is 2.23. The standard InChI is InChI=1S/C25H24BrClN2O3/c1-28-25(31)22(15-18-7-3-2-4-8-18)29(16-19-11-13-20(26)14-12-19)24(30)17-32-23-10-6-5-9-21(23)27/h2-14,22H,15-17H2,1H3,(H,28,31)/t22-/m0/s1. The van der Waals surface area contributed by atoms with Crippen molar-refractivity contribution in [3.8, 4) is 5.75 Å². The number of carbonyl (C=O) groups is 2. The molecule has 166 valence electrons. The number of halogens is 2. The van der Waals surface area contributed by atoms with Gasteiger partial charge in [0.1, 0.15) is 11.8 Å². The van der Waals surface area contributed by atoms with Gasteiger partial charge in [-0.25, -0.2) is 0 Å². The van der Waals surface area contributed by atoms with Gasteiger partial charge in [0.05, 0.1) is 5.02 Å². The Kier molecular flexibility index (Phi) is 8.71. The second-order valence-electron chi connectivity index (χ2n) is 7.19. The predicted molar refractivity (Wildman–Crippen MR) is 130 cm³/mol. The molecule has 1 atom stereocenters. The Morgan fingerprint density at radius 1 is 0.969 bits per heavy atom. The third-order valence-corrected chi connectivity index (χ3v) is 5.81. The van der Waals surface area contributed by atoms with Gasteiger partial charge in [-0.1, -0.05) is 82.1 Å². The fourth-order valence-electron chi connectivity index (χ4n) is 3.29. The first-order chi connectivity index (χ1) is 15.5. The van der Waals surface area contributed by atoms with E-state index < -0.39 is 6.04 Å². The maximum Gasteiger partial charge on any atom is 0.261 e. The van der Waals surface area contributed by atoms with Gasteiger partial charge < -0.3 is 15.0 Å².